The fourth-order valence-corrected chi connectivity index (χ4v) is 2.99. The van der Waals surface area contributed by atoms with Gasteiger partial charge in [-0.05, 0) is 42.7 Å². The molecule has 3 nitrogen and oxygen atoms in total. The van der Waals surface area contributed by atoms with Gasteiger partial charge in [-0.15, -0.1) is 0 Å². The van der Waals surface area contributed by atoms with E-state index in [0.29, 0.717) is 24.7 Å². The Hall–Kier alpha value is -1.91. The molecule has 0 radical (unpaired) electrons. The van der Waals surface area contributed by atoms with E-state index in [4.69, 9.17) is 16.3 Å². The molecular formula is C19H19ClFNO2. The van der Waals surface area contributed by atoms with Crippen molar-refractivity contribution in [1.82, 2.24) is 4.90 Å². The van der Waals surface area contributed by atoms with Gasteiger partial charge < -0.3 is 9.64 Å². The van der Waals surface area contributed by atoms with E-state index in [0.717, 1.165) is 18.4 Å². The molecule has 1 fully saturated rings. The second kappa shape index (κ2) is 7.77. The van der Waals surface area contributed by atoms with Crippen molar-refractivity contribution in [2.45, 2.75) is 25.5 Å². The molecule has 0 aliphatic carbocycles. The minimum atomic E-state index is -0.504. The lowest BCUT2D eigenvalue weighted by Crippen LogP contribution is -2.37. The van der Waals surface area contributed by atoms with Gasteiger partial charge in [-0.25, -0.2) is 4.39 Å². The van der Waals surface area contributed by atoms with Crippen molar-refractivity contribution in [2.24, 2.45) is 0 Å². The SMILES string of the molecule is O=C(c1ccccc1F)N(Cc1ccc(Cl)cc1)CC1CCCO1. The molecule has 2 aromatic carbocycles. The second-order valence-corrected chi connectivity index (χ2v) is 6.36. The molecule has 3 rings (SSSR count). The smallest absolute Gasteiger partial charge is 0.257 e. The Labute approximate surface area is 146 Å². The molecule has 1 atom stereocenters. The van der Waals surface area contributed by atoms with Gasteiger partial charge in [0.05, 0.1) is 11.7 Å². The summed E-state index contributed by atoms with van der Waals surface area (Å²) in [5.74, 6) is -0.825. The van der Waals surface area contributed by atoms with Gasteiger partial charge in [-0.3, -0.25) is 4.79 Å². The zero-order chi connectivity index (χ0) is 16.9. The molecule has 24 heavy (non-hydrogen) atoms. The van der Waals surface area contributed by atoms with Gasteiger partial charge in [-0.2, -0.15) is 0 Å². The molecule has 1 aliphatic heterocycles. The average molecular weight is 348 g/mol. The Morgan fingerprint density at radius 3 is 2.62 bits per heavy atom. The zero-order valence-corrected chi connectivity index (χ0v) is 14.0. The molecule has 0 N–H and O–H groups in total. The maximum Gasteiger partial charge on any atom is 0.257 e. The first-order valence-electron chi connectivity index (χ1n) is 8.03. The minimum absolute atomic E-state index is 0.00743. The van der Waals surface area contributed by atoms with Crippen LogP contribution in [-0.2, 0) is 11.3 Å². The van der Waals surface area contributed by atoms with Crippen LogP contribution < -0.4 is 0 Å². The summed E-state index contributed by atoms with van der Waals surface area (Å²) in [4.78, 5) is 14.5. The zero-order valence-electron chi connectivity index (χ0n) is 13.3. The van der Waals surface area contributed by atoms with Gasteiger partial charge in [0.25, 0.3) is 5.91 Å². The van der Waals surface area contributed by atoms with E-state index in [2.05, 4.69) is 0 Å². The highest BCUT2D eigenvalue weighted by atomic mass is 35.5. The number of carbonyl (C=O) groups is 1. The van der Waals surface area contributed by atoms with Gasteiger partial charge in [0, 0.05) is 24.7 Å². The lowest BCUT2D eigenvalue weighted by atomic mass is 10.1. The normalized spacial score (nSPS) is 17.0. The average Bonchev–Trinajstić information content (AvgIpc) is 3.09. The number of nitrogens with zero attached hydrogens (tertiary/aromatic N) is 1. The molecule has 0 spiro atoms. The first-order valence-corrected chi connectivity index (χ1v) is 8.41. The molecule has 0 saturated carbocycles. The number of amides is 1. The van der Waals surface area contributed by atoms with Crippen molar-refractivity contribution in [1.29, 1.82) is 0 Å². The fraction of sp³-hybridized carbons (Fsp3) is 0.316. The lowest BCUT2D eigenvalue weighted by Gasteiger charge is -2.26. The van der Waals surface area contributed by atoms with Crippen LogP contribution in [0, 0.1) is 5.82 Å². The molecule has 0 aromatic heterocycles. The van der Waals surface area contributed by atoms with Gasteiger partial charge in [-0.1, -0.05) is 35.9 Å². The lowest BCUT2D eigenvalue weighted by molar-refractivity contribution is 0.0504. The maximum atomic E-state index is 14.0. The summed E-state index contributed by atoms with van der Waals surface area (Å²) in [6.07, 6.45) is 1.92. The van der Waals surface area contributed by atoms with Crippen LogP contribution in [0.25, 0.3) is 0 Å². The van der Waals surface area contributed by atoms with Crippen molar-refractivity contribution < 1.29 is 13.9 Å². The molecular weight excluding hydrogens is 329 g/mol. The number of rotatable bonds is 5. The predicted octanol–water partition coefficient (Wildman–Crippen LogP) is 4.30. The predicted molar refractivity (Wildman–Crippen MR) is 91.6 cm³/mol. The summed E-state index contributed by atoms with van der Waals surface area (Å²) in [7, 11) is 0. The van der Waals surface area contributed by atoms with Crippen LogP contribution in [-0.4, -0.2) is 30.1 Å². The van der Waals surface area contributed by atoms with Crippen LogP contribution in [0.3, 0.4) is 0 Å². The highest BCUT2D eigenvalue weighted by Gasteiger charge is 2.25. The van der Waals surface area contributed by atoms with Crippen LogP contribution in [0.5, 0.6) is 0 Å². The summed E-state index contributed by atoms with van der Waals surface area (Å²) in [5.41, 5.74) is 1.03. The van der Waals surface area contributed by atoms with Gasteiger partial charge in [0.15, 0.2) is 0 Å². The number of hydrogen-bond acceptors (Lipinski definition) is 2. The molecule has 1 aliphatic rings. The maximum absolute atomic E-state index is 14.0. The van der Waals surface area contributed by atoms with E-state index in [-0.39, 0.29) is 17.6 Å². The highest BCUT2D eigenvalue weighted by molar-refractivity contribution is 6.30. The van der Waals surface area contributed by atoms with E-state index in [1.165, 1.54) is 12.1 Å². The van der Waals surface area contributed by atoms with Crippen LogP contribution in [0.1, 0.15) is 28.8 Å². The second-order valence-electron chi connectivity index (χ2n) is 5.93. The highest BCUT2D eigenvalue weighted by Crippen LogP contribution is 2.19. The Morgan fingerprint density at radius 2 is 1.96 bits per heavy atom. The molecule has 1 unspecified atom stereocenters. The fourth-order valence-electron chi connectivity index (χ4n) is 2.87. The van der Waals surface area contributed by atoms with Crippen molar-refractivity contribution >= 4 is 17.5 Å². The number of ether oxygens (including phenoxy) is 1. The van der Waals surface area contributed by atoms with Crippen LogP contribution in [0.4, 0.5) is 4.39 Å². The van der Waals surface area contributed by atoms with Gasteiger partial charge >= 0.3 is 0 Å². The first-order chi connectivity index (χ1) is 11.6. The van der Waals surface area contributed by atoms with Crippen LogP contribution in [0.15, 0.2) is 48.5 Å². The standard InChI is InChI=1S/C19H19ClFNO2/c20-15-9-7-14(8-10-15)12-22(13-16-4-3-11-24-16)19(23)17-5-1-2-6-18(17)21/h1-2,5-10,16H,3-4,11-13H2. The molecule has 1 amide bonds. The van der Waals surface area contributed by atoms with E-state index < -0.39 is 5.82 Å². The van der Waals surface area contributed by atoms with Crippen molar-refractivity contribution in [3.63, 3.8) is 0 Å². The third kappa shape index (κ3) is 4.13. The van der Waals surface area contributed by atoms with Crippen molar-refractivity contribution in [2.75, 3.05) is 13.2 Å². The Morgan fingerprint density at radius 1 is 1.21 bits per heavy atom. The van der Waals surface area contributed by atoms with E-state index in [9.17, 15) is 9.18 Å². The number of carbonyl (C=O) groups excluding carboxylic acids is 1. The molecule has 5 heteroatoms. The summed E-state index contributed by atoms with van der Waals surface area (Å²) < 4.78 is 19.7. The first kappa shape index (κ1) is 16.9. The van der Waals surface area contributed by atoms with Gasteiger partial charge in [0.1, 0.15) is 5.82 Å². The Bertz CT molecular complexity index is 699. The van der Waals surface area contributed by atoms with Crippen molar-refractivity contribution in [3.05, 3.63) is 70.5 Å². The number of hydrogen-bond donors (Lipinski definition) is 0. The minimum Gasteiger partial charge on any atom is -0.376 e. The monoisotopic (exact) mass is 347 g/mol. The van der Waals surface area contributed by atoms with E-state index in [1.54, 1.807) is 29.2 Å². The Balaban J connectivity index is 1.81. The largest absolute Gasteiger partial charge is 0.376 e. The Kier molecular flexibility index (Phi) is 5.48. The molecule has 1 heterocycles. The summed E-state index contributed by atoms with van der Waals surface area (Å²) in [5, 5.41) is 0.643. The molecule has 126 valence electrons. The van der Waals surface area contributed by atoms with Crippen LogP contribution >= 0.6 is 11.6 Å². The number of halogens is 2. The van der Waals surface area contributed by atoms with Crippen LogP contribution in [0.2, 0.25) is 5.02 Å². The third-order valence-electron chi connectivity index (χ3n) is 4.13. The van der Waals surface area contributed by atoms with Gasteiger partial charge in [0.2, 0.25) is 0 Å². The van der Waals surface area contributed by atoms with E-state index in [1.807, 2.05) is 12.1 Å². The molecule has 1 saturated heterocycles. The topological polar surface area (TPSA) is 29.5 Å². The van der Waals surface area contributed by atoms with E-state index >= 15 is 0 Å². The molecule has 0 bridgehead atoms. The summed E-state index contributed by atoms with van der Waals surface area (Å²) in [6.45, 7) is 1.56. The third-order valence-corrected chi connectivity index (χ3v) is 4.38. The number of benzene rings is 2. The summed E-state index contributed by atoms with van der Waals surface area (Å²) >= 11 is 5.91. The van der Waals surface area contributed by atoms with Crippen molar-refractivity contribution in [3.8, 4) is 0 Å². The summed E-state index contributed by atoms with van der Waals surface area (Å²) in [6, 6.07) is 13.4. The quantitative estimate of drug-likeness (QED) is 0.807. The molecule has 2 aromatic rings.